The van der Waals surface area contributed by atoms with E-state index in [2.05, 4.69) is 10.3 Å². The average molecular weight is 260 g/mol. The molecule has 0 atom stereocenters. The molecule has 0 aliphatic heterocycles. The highest BCUT2D eigenvalue weighted by Gasteiger charge is 2.17. The lowest BCUT2D eigenvalue weighted by atomic mass is 10.1. The van der Waals surface area contributed by atoms with Crippen LogP contribution in [0.2, 0.25) is 0 Å². The van der Waals surface area contributed by atoms with Crippen molar-refractivity contribution in [3.8, 4) is 0 Å². The van der Waals surface area contributed by atoms with Gasteiger partial charge in [-0.1, -0.05) is 35.5 Å². The lowest BCUT2D eigenvalue weighted by Crippen LogP contribution is -2.14. The highest BCUT2D eigenvalue weighted by molar-refractivity contribution is 5.86. The highest BCUT2D eigenvalue weighted by atomic mass is 16.4. The smallest absolute Gasteiger partial charge is 0.358 e. The molecule has 19 heavy (non-hydrogen) atoms. The van der Waals surface area contributed by atoms with Crippen LogP contribution in [-0.2, 0) is 19.4 Å². The van der Waals surface area contributed by atoms with E-state index in [9.17, 15) is 4.79 Å². The lowest BCUT2D eigenvalue weighted by molar-refractivity contribution is 0.0689. The number of benzene rings is 1. The van der Waals surface area contributed by atoms with Crippen LogP contribution < -0.4 is 5.73 Å². The number of nitrogens with two attached hydrogens (primary N) is 1. The minimum absolute atomic E-state index is 0.00138. The van der Waals surface area contributed by atoms with Gasteiger partial charge in [-0.25, -0.2) is 9.48 Å². The van der Waals surface area contributed by atoms with Crippen molar-refractivity contribution in [2.45, 2.75) is 19.4 Å². The van der Waals surface area contributed by atoms with Gasteiger partial charge in [-0.15, -0.1) is 5.10 Å². The predicted molar refractivity (Wildman–Crippen MR) is 69.9 cm³/mol. The molecule has 1 aromatic carbocycles. The van der Waals surface area contributed by atoms with E-state index in [1.165, 1.54) is 5.56 Å². The topological polar surface area (TPSA) is 94.0 Å². The Morgan fingerprint density at radius 1 is 1.26 bits per heavy atom. The molecule has 1 heterocycles. The van der Waals surface area contributed by atoms with Gasteiger partial charge in [0.05, 0.1) is 5.69 Å². The number of carboxylic acid groups (broad SMARTS) is 1. The molecule has 3 N–H and O–H groups in total. The quantitative estimate of drug-likeness (QED) is 0.798. The Balaban J connectivity index is 2.14. The number of carbonyl (C=O) groups is 1. The van der Waals surface area contributed by atoms with Gasteiger partial charge < -0.3 is 10.8 Å². The van der Waals surface area contributed by atoms with Gasteiger partial charge in [-0.2, -0.15) is 0 Å². The Labute approximate surface area is 110 Å². The van der Waals surface area contributed by atoms with Gasteiger partial charge in [0.1, 0.15) is 0 Å². The number of carboxylic acids is 1. The summed E-state index contributed by atoms with van der Waals surface area (Å²) in [5.41, 5.74) is 7.27. The summed E-state index contributed by atoms with van der Waals surface area (Å²) in [6.45, 7) is 0.971. The molecule has 0 fully saturated rings. The largest absolute Gasteiger partial charge is 0.476 e. The van der Waals surface area contributed by atoms with Crippen molar-refractivity contribution in [2.24, 2.45) is 5.73 Å². The molecule has 2 rings (SSSR count). The van der Waals surface area contributed by atoms with Crippen molar-refractivity contribution in [1.82, 2.24) is 15.0 Å². The van der Waals surface area contributed by atoms with Crippen molar-refractivity contribution in [3.05, 3.63) is 47.3 Å². The van der Waals surface area contributed by atoms with Gasteiger partial charge in [0, 0.05) is 13.0 Å². The molecule has 6 heteroatoms. The Bertz CT molecular complexity index is 551. The third-order valence-electron chi connectivity index (χ3n) is 2.88. The van der Waals surface area contributed by atoms with Gasteiger partial charge in [-0.05, 0) is 18.5 Å². The molecule has 0 amide bonds. The SMILES string of the molecule is NCCc1c(C(=O)O)nnn1CCc1ccccc1. The second-order valence-electron chi connectivity index (χ2n) is 4.19. The van der Waals surface area contributed by atoms with E-state index in [1.54, 1.807) is 4.68 Å². The first-order valence-corrected chi connectivity index (χ1v) is 6.12. The number of nitrogens with zero attached hydrogens (tertiary/aromatic N) is 3. The minimum atomic E-state index is -1.06. The number of aromatic nitrogens is 3. The molecule has 0 bridgehead atoms. The molecule has 0 radical (unpaired) electrons. The fraction of sp³-hybridized carbons (Fsp3) is 0.308. The molecular weight excluding hydrogens is 244 g/mol. The zero-order valence-electron chi connectivity index (χ0n) is 10.5. The van der Waals surface area contributed by atoms with Gasteiger partial charge in [0.2, 0.25) is 0 Å². The van der Waals surface area contributed by atoms with Crippen LogP contribution in [0.25, 0.3) is 0 Å². The van der Waals surface area contributed by atoms with Gasteiger partial charge in [0.15, 0.2) is 5.69 Å². The highest BCUT2D eigenvalue weighted by Crippen LogP contribution is 2.08. The Morgan fingerprint density at radius 2 is 2.00 bits per heavy atom. The zero-order valence-corrected chi connectivity index (χ0v) is 10.5. The summed E-state index contributed by atoms with van der Waals surface area (Å²) in [5.74, 6) is -1.06. The van der Waals surface area contributed by atoms with E-state index in [0.717, 1.165) is 6.42 Å². The van der Waals surface area contributed by atoms with Crippen molar-refractivity contribution in [1.29, 1.82) is 0 Å². The Morgan fingerprint density at radius 3 is 2.63 bits per heavy atom. The Kier molecular flexibility index (Phi) is 4.25. The number of hydrogen-bond acceptors (Lipinski definition) is 4. The predicted octanol–water partition coefficient (Wildman–Crippen LogP) is 0.720. The molecular formula is C13H16N4O2. The molecule has 0 aliphatic rings. The molecule has 0 aliphatic carbocycles. The van der Waals surface area contributed by atoms with Crippen molar-refractivity contribution >= 4 is 5.97 Å². The number of hydrogen-bond donors (Lipinski definition) is 2. The van der Waals surface area contributed by atoms with Gasteiger partial charge >= 0.3 is 5.97 Å². The van der Waals surface area contributed by atoms with E-state index in [-0.39, 0.29) is 5.69 Å². The van der Waals surface area contributed by atoms with Gasteiger partial charge in [0.25, 0.3) is 0 Å². The van der Waals surface area contributed by atoms with Gasteiger partial charge in [-0.3, -0.25) is 0 Å². The number of rotatable bonds is 6. The molecule has 100 valence electrons. The molecule has 0 spiro atoms. The molecule has 0 saturated carbocycles. The monoisotopic (exact) mass is 260 g/mol. The fourth-order valence-electron chi connectivity index (χ4n) is 1.94. The van der Waals surface area contributed by atoms with Crippen molar-refractivity contribution in [3.63, 3.8) is 0 Å². The molecule has 6 nitrogen and oxygen atoms in total. The third-order valence-corrected chi connectivity index (χ3v) is 2.88. The fourth-order valence-corrected chi connectivity index (χ4v) is 1.94. The first-order valence-electron chi connectivity index (χ1n) is 6.12. The maximum atomic E-state index is 11.0. The maximum absolute atomic E-state index is 11.0. The zero-order chi connectivity index (χ0) is 13.7. The van der Waals surface area contributed by atoms with Crippen LogP contribution in [-0.4, -0.2) is 32.6 Å². The maximum Gasteiger partial charge on any atom is 0.358 e. The first-order chi connectivity index (χ1) is 9.22. The summed E-state index contributed by atoms with van der Waals surface area (Å²) >= 11 is 0. The summed E-state index contributed by atoms with van der Waals surface area (Å²) < 4.78 is 1.63. The third kappa shape index (κ3) is 3.17. The summed E-state index contributed by atoms with van der Waals surface area (Å²) in [5, 5.41) is 16.6. The first kappa shape index (κ1) is 13.2. The van der Waals surface area contributed by atoms with E-state index >= 15 is 0 Å². The van der Waals surface area contributed by atoms with Crippen molar-refractivity contribution in [2.75, 3.05) is 6.54 Å². The summed E-state index contributed by atoms with van der Waals surface area (Å²) in [7, 11) is 0. The summed E-state index contributed by atoms with van der Waals surface area (Å²) in [6, 6.07) is 9.96. The second kappa shape index (κ2) is 6.10. The Hall–Kier alpha value is -2.21. The molecule has 2 aromatic rings. The van der Waals surface area contributed by atoms with E-state index in [1.807, 2.05) is 30.3 Å². The van der Waals surface area contributed by atoms with Crippen LogP contribution in [0, 0.1) is 0 Å². The standard InChI is InChI=1S/C13H16N4O2/c14-8-6-11-12(13(18)19)15-16-17(11)9-7-10-4-2-1-3-5-10/h1-5H,6-9,14H2,(H,18,19). The van der Waals surface area contributed by atoms with E-state index in [4.69, 9.17) is 10.8 Å². The summed E-state index contributed by atoms with van der Waals surface area (Å²) in [4.78, 5) is 11.0. The van der Waals surface area contributed by atoms with Crippen LogP contribution in [0.15, 0.2) is 30.3 Å². The van der Waals surface area contributed by atoms with E-state index in [0.29, 0.717) is 25.2 Å². The van der Waals surface area contributed by atoms with Crippen LogP contribution in [0.5, 0.6) is 0 Å². The lowest BCUT2D eigenvalue weighted by Gasteiger charge is -2.06. The number of aryl methyl sites for hydroxylation is 2. The van der Waals surface area contributed by atoms with Crippen molar-refractivity contribution < 1.29 is 9.90 Å². The minimum Gasteiger partial charge on any atom is -0.476 e. The van der Waals surface area contributed by atoms with Crippen LogP contribution >= 0.6 is 0 Å². The molecule has 1 aromatic heterocycles. The second-order valence-corrected chi connectivity index (χ2v) is 4.19. The van der Waals surface area contributed by atoms with Crippen LogP contribution in [0.4, 0.5) is 0 Å². The average Bonchev–Trinajstić information content (AvgIpc) is 2.81. The van der Waals surface area contributed by atoms with E-state index < -0.39 is 5.97 Å². The van der Waals surface area contributed by atoms with Crippen LogP contribution in [0.3, 0.4) is 0 Å². The molecule has 0 unspecified atom stereocenters. The number of aromatic carboxylic acids is 1. The normalized spacial score (nSPS) is 10.6. The summed E-state index contributed by atoms with van der Waals surface area (Å²) in [6.07, 6.45) is 1.24. The molecule has 0 saturated heterocycles. The van der Waals surface area contributed by atoms with Crippen LogP contribution in [0.1, 0.15) is 21.7 Å².